The minimum atomic E-state index is -0.753. The van der Waals surface area contributed by atoms with E-state index in [1.54, 1.807) is 26.0 Å². The summed E-state index contributed by atoms with van der Waals surface area (Å²) >= 11 is 12.1. The van der Waals surface area contributed by atoms with Gasteiger partial charge in [-0.15, -0.1) is 12.4 Å². The van der Waals surface area contributed by atoms with Gasteiger partial charge in [-0.05, 0) is 26.0 Å². The van der Waals surface area contributed by atoms with Crippen LogP contribution < -0.4 is 14.8 Å². The zero-order chi connectivity index (χ0) is 20.8. The van der Waals surface area contributed by atoms with Crippen molar-refractivity contribution in [2.24, 2.45) is 0 Å². The summed E-state index contributed by atoms with van der Waals surface area (Å²) < 4.78 is 21.7. The highest BCUT2D eigenvalue weighted by molar-refractivity contribution is 6.32. The molecule has 2 N–H and O–H groups in total. The molecule has 8 nitrogen and oxygen atoms in total. The quantitative estimate of drug-likeness (QED) is 0.449. The highest BCUT2D eigenvalue weighted by Crippen LogP contribution is 2.29. The van der Waals surface area contributed by atoms with E-state index in [1.807, 2.05) is 12.1 Å². The third-order valence-electron chi connectivity index (χ3n) is 4.02. The zero-order valence-electron chi connectivity index (χ0n) is 16.4. The number of halogens is 3. The molecule has 0 amide bonds. The van der Waals surface area contributed by atoms with Crippen LogP contribution in [-0.2, 0) is 13.2 Å². The van der Waals surface area contributed by atoms with Crippen molar-refractivity contribution >= 4 is 35.6 Å². The molecule has 1 aromatic carbocycles. The summed E-state index contributed by atoms with van der Waals surface area (Å²) in [5.74, 6) is 1.95. The molecule has 2 aromatic heterocycles. The zero-order valence-corrected chi connectivity index (χ0v) is 18.7. The second-order valence-corrected chi connectivity index (χ2v) is 7.10. The van der Waals surface area contributed by atoms with Gasteiger partial charge in [0, 0.05) is 6.54 Å². The van der Waals surface area contributed by atoms with E-state index in [0.717, 1.165) is 0 Å². The van der Waals surface area contributed by atoms with E-state index >= 15 is 0 Å². The molecule has 0 saturated carbocycles. The van der Waals surface area contributed by atoms with Gasteiger partial charge in [0.15, 0.2) is 29.6 Å². The normalized spacial score (nSPS) is 11.8. The lowest BCUT2D eigenvalue weighted by atomic mass is 10.3. The molecule has 11 heteroatoms. The van der Waals surface area contributed by atoms with Crippen molar-refractivity contribution in [1.29, 1.82) is 0 Å². The average molecular weight is 479 g/mol. The fourth-order valence-electron chi connectivity index (χ4n) is 2.44. The van der Waals surface area contributed by atoms with E-state index in [9.17, 15) is 5.11 Å². The molecule has 0 aliphatic heterocycles. The number of para-hydroxylation sites is 2. The van der Waals surface area contributed by atoms with Crippen LogP contribution in [0.2, 0.25) is 10.0 Å². The van der Waals surface area contributed by atoms with Gasteiger partial charge in [0.1, 0.15) is 22.8 Å². The third-order valence-corrected chi connectivity index (χ3v) is 4.98. The van der Waals surface area contributed by atoms with Crippen molar-refractivity contribution in [2.75, 3.05) is 13.2 Å². The maximum atomic E-state index is 10.2. The number of aliphatic hydroxyl groups is 1. The van der Waals surface area contributed by atoms with Crippen molar-refractivity contribution in [3.63, 3.8) is 0 Å². The summed E-state index contributed by atoms with van der Waals surface area (Å²) in [6.07, 6.45) is -0.753. The Bertz CT molecular complexity index is 947. The summed E-state index contributed by atoms with van der Waals surface area (Å²) in [5.41, 5.74) is 1.23. The summed E-state index contributed by atoms with van der Waals surface area (Å²) in [5, 5.41) is 21.7. The predicted molar refractivity (Wildman–Crippen MR) is 114 cm³/mol. The maximum absolute atomic E-state index is 10.2. The average Bonchev–Trinajstić information content (AvgIpc) is 3.21. The fourth-order valence-corrected chi connectivity index (χ4v) is 2.70. The molecule has 3 aromatic rings. The minimum absolute atomic E-state index is 0. The van der Waals surface area contributed by atoms with Gasteiger partial charge in [-0.25, -0.2) is 0 Å². The molecular weight excluding hydrogens is 457 g/mol. The van der Waals surface area contributed by atoms with E-state index in [1.165, 1.54) is 0 Å². The topological polar surface area (TPSA) is 103 Å². The van der Waals surface area contributed by atoms with Crippen molar-refractivity contribution in [2.45, 2.75) is 33.1 Å². The van der Waals surface area contributed by atoms with Crippen LogP contribution in [0.1, 0.15) is 22.9 Å². The van der Waals surface area contributed by atoms with Gasteiger partial charge in [-0.1, -0.05) is 45.6 Å². The Labute approximate surface area is 189 Å². The number of aromatic nitrogens is 2. The van der Waals surface area contributed by atoms with E-state index < -0.39 is 6.10 Å². The Hall–Kier alpha value is -1.97. The number of aliphatic hydroxyl groups excluding tert-OH is 1. The summed E-state index contributed by atoms with van der Waals surface area (Å²) in [6.45, 7) is 4.33. The Morgan fingerprint density at radius 1 is 1.00 bits per heavy atom. The van der Waals surface area contributed by atoms with Crippen molar-refractivity contribution < 1.29 is 23.6 Å². The Morgan fingerprint density at radius 3 is 2.13 bits per heavy atom. The van der Waals surface area contributed by atoms with Gasteiger partial charge < -0.3 is 28.9 Å². The Kier molecular flexibility index (Phi) is 9.26. The number of hydrogen-bond acceptors (Lipinski definition) is 8. The van der Waals surface area contributed by atoms with Crippen LogP contribution >= 0.6 is 35.6 Å². The largest absolute Gasteiger partial charge is 0.487 e. The lowest BCUT2D eigenvalue weighted by Crippen LogP contribution is -2.31. The molecule has 3 rings (SSSR count). The molecule has 1 unspecified atom stereocenters. The van der Waals surface area contributed by atoms with Crippen LogP contribution in [0, 0.1) is 13.8 Å². The lowest BCUT2D eigenvalue weighted by molar-refractivity contribution is 0.102. The Morgan fingerprint density at radius 2 is 1.57 bits per heavy atom. The van der Waals surface area contributed by atoms with Crippen LogP contribution in [0.25, 0.3) is 0 Å². The monoisotopic (exact) mass is 477 g/mol. The summed E-state index contributed by atoms with van der Waals surface area (Å²) in [7, 11) is 0. The number of rotatable bonds is 10. The number of ether oxygens (including phenoxy) is 2. The maximum Gasteiger partial charge on any atom is 0.192 e. The van der Waals surface area contributed by atoms with Crippen LogP contribution in [0.5, 0.6) is 11.5 Å². The van der Waals surface area contributed by atoms with Gasteiger partial charge in [-0.2, -0.15) is 0 Å². The minimum Gasteiger partial charge on any atom is -0.487 e. The number of nitrogens with zero attached hydrogens (tertiary/aromatic N) is 2. The molecule has 0 saturated heterocycles. The van der Waals surface area contributed by atoms with Crippen molar-refractivity contribution in [3.8, 4) is 11.5 Å². The summed E-state index contributed by atoms with van der Waals surface area (Å²) in [6, 6.07) is 7.13. The molecule has 0 spiro atoms. The van der Waals surface area contributed by atoms with E-state index in [4.69, 9.17) is 41.7 Å². The van der Waals surface area contributed by atoms with Crippen LogP contribution in [-0.4, -0.2) is 34.7 Å². The second kappa shape index (κ2) is 11.4. The third kappa shape index (κ3) is 6.26. The standard InChI is InChI=1S/C19H21Cl2N3O5.ClH/c1-11-18(20)16(28-23-11)8-22-7-13(25)9-26-14-5-3-4-6-15(14)27-10-17-19(21)12(2)24-29-17;/h3-6,13,22,25H,7-10H2,1-2H3;1H. The first-order valence-electron chi connectivity index (χ1n) is 8.90. The van der Waals surface area contributed by atoms with Crippen LogP contribution in [0.3, 0.4) is 0 Å². The number of nitrogens with one attached hydrogen (secondary N) is 1. The van der Waals surface area contributed by atoms with Crippen LogP contribution in [0.4, 0.5) is 0 Å². The molecule has 2 heterocycles. The molecular formula is C19H22Cl3N3O5. The molecule has 0 aliphatic rings. The lowest BCUT2D eigenvalue weighted by Gasteiger charge is -2.15. The van der Waals surface area contributed by atoms with E-state index in [2.05, 4.69) is 15.6 Å². The van der Waals surface area contributed by atoms with E-state index in [0.29, 0.717) is 51.0 Å². The molecule has 0 radical (unpaired) electrons. The SMILES string of the molecule is Cc1noc(CNCC(O)COc2ccccc2OCc2onc(C)c2Cl)c1Cl.Cl. The molecule has 30 heavy (non-hydrogen) atoms. The summed E-state index contributed by atoms with van der Waals surface area (Å²) in [4.78, 5) is 0. The molecule has 1 atom stereocenters. The molecule has 0 fully saturated rings. The smallest absolute Gasteiger partial charge is 0.192 e. The highest BCUT2D eigenvalue weighted by Gasteiger charge is 2.14. The van der Waals surface area contributed by atoms with Gasteiger partial charge in [-0.3, -0.25) is 0 Å². The first-order chi connectivity index (χ1) is 14.0. The van der Waals surface area contributed by atoms with Gasteiger partial charge in [0.25, 0.3) is 0 Å². The number of benzene rings is 1. The van der Waals surface area contributed by atoms with Gasteiger partial charge in [0.2, 0.25) is 0 Å². The first kappa shape index (κ1) is 24.3. The van der Waals surface area contributed by atoms with Gasteiger partial charge >= 0.3 is 0 Å². The number of hydrogen-bond donors (Lipinski definition) is 2. The molecule has 164 valence electrons. The van der Waals surface area contributed by atoms with E-state index in [-0.39, 0.29) is 32.2 Å². The van der Waals surface area contributed by atoms with Crippen molar-refractivity contribution in [1.82, 2.24) is 15.6 Å². The molecule has 0 aliphatic carbocycles. The van der Waals surface area contributed by atoms with Crippen molar-refractivity contribution in [3.05, 3.63) is 57.2 Å². The fraction of sp³-hybridized carbons (Fsp3) is 0.368. The predicted octanol–water partition coefficient (Wildman–Crippen LogP) is 4.12. The van der Waals surface area contributed by atoms with Crippen LogP contribution in [0.15, 0.2) is 33.3 Å². The highest BCUT2D eigenvalue weighted by atomic mass is 35.5. The number of aryl methyl sites for hydroxylation is 2. The first-order valence-corrected chi connectivity index (χ1v) is 9.66. The Balaban J connectivity index is 0.00000320. The second-order valence-electron chi connectivity index (χ2n) is 6.34. The van der Waals surface area contributed by atoms with Gasteiger partial charge in [0.05, 0.1) is 17.9 Å². The molecule has 0 bridgehead atoms.